The minimum atomic E-state index is -0.300. The molecule has 0 aliphatic carbocycles. The maximum absolute atomic E-state index is 13.1. The molecule has 3 N–H and O–H groups in total. The summed E-state index contributed by atoms with van der Waals surface area (Å²) >= 11 is 0. The van der Waals surface area contributed by atoms with Crippen LogP contribution in [0, 0.1) is 5.41 Å². The molecule has 2 aromatic heterocycles. The first-order valence-electron chi connectivity index (χ1n) is 12.3. The van der Waals surface area contributed by atoms with Gasteiger partial charge in [0.15, 0.2) is 0 Å². The fourth-order valence-electron chi connectivity index (χ4n) is 3.94. The number of benzene rings is 2. The molecule has 2 aromatic carbocycles. The molecule has 0 fully saturated rings. The Morgan fingerprint density at radius 1 is 1.08 bits per heavy atom. The SMILES string of the molecule is C=CC(=O)Nc1cccc(-n2c(NC(=O)c3cccn3C)nc3cc(CN[C@@H](C)C(C)(C)C)ccc32)c1. The molecule has 0 aliphatic heterocycles. The third-order valence-corrected chi connectivity index (χ3v) is 6.59. The molecule has 1 atom stereocenters. The average molecular weight is 499 g/mol. The normalized spacial score (nSPS) is 12.4. The summed E-state index contributed by atoms with van der Waals surface area (Å²) in [4.78, 5) is 29.7. The Bertz CT molecular complexity index is 1460. The molecular weight excluding hydrogens is 464 g/mol. The van der Waals surface area contributed by atoms with Gasteiger partial charge in [-0.25, -0.2) is 4.98 Å². The minimum Gasteiger partial charge on any atom is -0.347 e. The summed E-state index contributed by atoms with van der Waals surface area (Å²) in [5, 5.41) is 9.36. The van der Waals surface area contributed by atoms with Crippen molar-refractivity contribution < 1.29 is 9.59 Å². The highest BCUT2D eigenvalue weighted by atomic mass is 16.2. The van der Waals surface area contributed by atoms with Gasteiger partial charge in [-0.05, 0) is 66.4 Å². The summed E-state index contributed by atoms with van der Waals surface area (Å²) in [5.74, 6) is -0.172. The summed E-state index contributed by atoms with van der Waals surface area (Å²) < 4.78 is 3.64. The summed E-state index contributed by atoms with van der Waals surface area (Å²) in [7, 11) is 1.82. The van der Waals surface area contributed by atoms with E-state index in [0.717, 1.165) is 22.3 Å². The van der Waals surface area contributed by atoms with Gasteiger partial charge < -0.3 is 15.2 Å². The van der Waals surface area contributed by atoms with E-state index in [0.29, 0.717) is 29.9 Å². The first kappa shape index (κ1) is 25.9. The Morgan fingerprint density at radius 2 is 1.86 bits per heavy atom. The predicted molar refractivity (Wildman–Crippen MR) is 149 cm³/mol. The fourth-order valence-corrected chi connectivity index (χ4v) is 3.94. The lowest BCUT2D eigenvalue weighted by Crippen LogP contribution is -2.37. The van der Waals surface area contributed by atoms with Crippen molar-refractivity contribution in [1.82, 2.24) is 19.4 Å². The second-order valence-electron chi connectivity index (χ2n) is 10.3. The van der Waals surface area contributed by atoms with E-state index in [2.05, 4.69) is 56.3 Å². The second kappa shape index (κ2) is 10.4. The van der Waals surface area contributed by atoms with Crippen molar-refractivity contribution in [2.24, 2.45) is 12.5 Å². The van der Waals surface area contributed by atoms with Crippen molar-refractivity contribution in [3.05, 3.63) is 84.7 Å². The molecule has 2 amide bonds. The number of carbonyl (C=O) groups excluding carboxylic acids is 2. The lowest BCUT2D eigenvalue weighted by molar-refractivity contribution is -0.111. The number of aryl methyl sites for hydroxylation is 1. The lowest BCUT2D eigenvalue weighted by atomic mass is 9.88. The van der Waals surface area contributed by atoms with E-state index >= 15 is 0 Å². The zero-order valence-electron chi connectivity index (χ0n) is 22.0. The number of nitrogens with one attached hydrogen (secondary N) is 3. The third-order valence-electron chi connectivity index (χ3n) is 6.59. The molecule has 0 saturated heterocycles. The Balaban J connectivity index is 1.74. The minimum absolute atomic E-state index is 0.145. The van der Waals surface area contributed by atoms with Gasteiger partial charge >= 0.3 is 0 Å². The summed E-state index contributed by atoms with van der Waals surface area (Å²) in [6, 6.07) is 17.4. The Kier molecular flexibility index (Phi) is 7.31. The van der Waals surface area contributed by atoms with Crippen LogP contribution in [-0.2, 0) is 18.4 Å². The predicted octanol–water partition coefficient (Wildman–Crippen LogP) is 5.27. The molecule has 0 radical (unpaired) electrons. The number of hydrogen-bond donors (Lipinski definition) is 3. The van der Waals surface area contributed by atoms with E-state index < -0.39 is 0 Å². The van der Waals surface area contributed by atoms with Crippen molar-refractivity contribution in [2.75, 3.05) is 10.6 Å². The number of hydrogen-bond acceptors (Lipinski definition) is 4. The van der Waals surface area contributed by atoms with Gasteiger partial charge in [-0.3, -0.25) is 19.5 Å². The highest BCUT2D eigenvalue weighted by Crippen LogP contribution is 2.28. The van der Waals surface area contributed by atoms with Crippen molar-refractivity contribution in [1.29, 1.82) is 0 Å². The van der Waals surface area contributed by atoms with Gasteiger partial charge in [-0.2, -0.15) is 0 Å². The van der Waals surface area contributed by atoms with Crippen LogP contribution in [0.2, 0.25) is 0 Å². The molecule has 2 heterocycles. The fraction of sp³-hybridized carbons (Fsp3) is 0.276. The van der Waals surface area contributed by atoms with Gasteiger partial charge in [0.1, 0.15) is 5.69 Å². The molecule has 4 aromatic rings. The van der Waals surface area contributed by atoms with Crippen LogP contribution in [0.15, 0.2) is 73.4 Å². The van der Waals surface area contributed by atoms with E-state index in [1.165, 1.54) is 6.08 Å². The third kappa shape index (κ3) is 5.81. The second-order valence-corrected chi connectivity index (χ2v) is 10.3. The van der Waals surface area contributed by atoms with Crippen molar-refractivity contribution >= 4 is 34.5 Å². The van der Waals surface area contributed by atoms with Crippen LogP contribution in [0.3, 0.4) is 0 Å². The van der Waals surface area contributed by atoms with E-state index in [9.17, 15) is 9.59 Å². The smallest absolute Gasteiger partial charge is 0.274 e. The van der Waals surface area contributed by atoms with Gasteiger partial charge in [0, 0.05) is 31.5 Å². The molecule has 0 aliphatic rings. The number of amides is 2. The number of rotatable bonds is 8. The maximum Gasteiger partial charge on any atom is 0.274 e. The van der Waals surface area contributed by atoms with Crippen molar-refractivity contribution in [3.63, 3.8) is 0 Å². The van der Waals surface area contributed by atoms with Gasteiger partial charge in [0.2, 0.25) is 11.9 Å². The molecule has 192 valence electrons. The highest BCUT2D eigenvalue weighted by Gasteiger charge is 2.20. The van der Waals surface area contributed by atoms with Crippen LogP contribution in [0.25, 0.3) is 16.7 Å². The Hall–Kier alpha value is -4.17. The molecule has 0 bridgehead atoms. The Morgan fingerprint density at radius 3 is 2.54 bits per heavy atom. The topological polar surface area (TPSA) is 93.0 Å². The van der Waals surface area contributed by atoms with Crippen LogP contribution >= 0.6 is 0 Å². The zero-order chi connectivity index (χ0) is 26.7. The van der Waals surface area contributed by atoms with Crippen molar-refractivity contribution in [2.45, 2.75) is 40.3 Å². The number of anilines is 2. The van der Waals surface area contributed by atoms with Crippen LogP contribution in [0.1, 0.15) is 43.7 Å². The number of carbonyl (C=O) groups is 2. The molecule has 0 unspecified atom stereocenters. The largest absolute Gasteiger partial charge is 0.347 e. The van der Waals surface area contributed by atoms with Crippen molar-refractivity contribution in [3.8, 4) is 5.69 Å². The molecule has 0 saturated carbocycles. The van der Waals surface area contributed by atoms with Crippen LogP contribution in [0.4, 0.5) is 11.6 Å². The van der Waals surface area contributed by atoms with Gasteiger partial charge in [-0.15, -0.1) is 0 Å². The van der Waals surface area contributed by atoms with Crippen LogP contribution in [0.5, 0.6) is 0 Å². The summed E-state index contributed by atoms with van der Waals surface area (Å²) in [6.45, 7) is 13.0. The van der Waals surface area contributed by atoms with E-state index in [-0.39, 0.29) is 17.2 Å². The molecule has 0 spiro atoms. The van der Waals surface area contributed by atoms with E-state index in [1.54, 1.807) is 16.7 Å². The highest BCUT2D eigenvalue weighted by molar-refractivity contribution is 6.03. The van der Waals surface area contributed by atoms with E-state index in [4.69, 9.17) is 4.98 Å². The standard InChI is InChI=1S/C29H34N6O2/c1-7-26(36)31-21-10-8-11-22(17-21)35-24-14-13-20(18-30-19(2)29(3,4)5)16-23(24)32-28(35)33-27(37)25-12-9-15-34(25)6/h7-17,19,30H,1,18H2,2-6H3,(H,31,36)(H,32,33,37)/t19-/m0/s1. The number of aromatic nitrogens is 3. The lowest BCUT2D eigenvalue weighted by Gasteiger charge is -2.28. The summed E-state index contributed by atoms with van der Waals surface area (Å²) in [6.07, 6.45) is 3.04. The first-order valence-corrected chi connectivity index (χ1v) is 12.3. The van der Waals surface area contributed by atoms with Gasteiger partial charge in [0.05, 0.1) is 16.7 Å². The molecule has 8 nitrogen and oxygen atoms in total. The number of fused-ring (bicyclic) bond motifs is 1. The number of imidazole rings is 1. The molecule has 37 heavy (non-hydrogen) atoms. The van der Waals surface area contributed by atoms with Gasteiger partial charge in [0.25, 0.3) is 5.91 Å². The van der Waals surface area contributed by atoms with E-state index in [1.807, 2.05) is 54.2 Å². The zero-order valence-corrected chi connectivity index (χ0v) is 22.0. The molecular formula is C29H34N6O2. The monoisotopic (exact) mass is 498 g/mol. The summed E-state index contributed by atoms with van der Waals surface area (Å²) in [5.41, 5.74) is 4.71. The quantitative estimate of drug-likeness (QED) is 0.289. The van der Waals surface area contributed by atoms with Crippen LogP contribution < -0.4 is 16.0 Å². The average Bonchev–Trinajstić information content (AvgIpc) is 3.44. The maximum atomic E-state index is 13.1. The number of nitrogens with zero attached hydrogens (tertiary/aromatic N) is 3. The first-order chi connectivity index (χ1) is 17.6. The molecule has 4 rings (SSSR count). The Labute approximate surface area is 217 Å². The molecule has 8 heteroatoms. The van der Waals surface area contributed by atoms with Crippen LogP contribution in [-0.4, -0.2) is 32.0 Å². The van der Waals surface area contributed by atoms with Gasteiger partial charge in [-0.1, -0.05) is 39.5 Å².